The Bertz CT molecular complexity index is 1780. The molecule has 5 aromatic rings. The van der Waals surface area contributed by atoms with Gasteiger partial charge in [-0.2, -0.15) is 0 Å². The maximum Gasteiger partial charge on any atom is 0.243 e. The molecule has 0 N–H and O–H groups in total. The first-order chi connectivity index (χ1) is 23.6. The number of rotatable bonds is 10. The van der Waals surface area contributed by atoms with E-state index in [4.69, 9.17) is 9.47 Å². The first-order valence-electron chi connectivity index (χ1n) is 16.5. The molecule has 1 atom stereocenters. The molecule has 0 fully saturated rings. The topological polar surface area (TPSA) is 65.1 Å². The number of methoxy groups -OCH3 is 1. The first kappa shape index (κ1) is 32.7. The number of aldehydes is 1. The quantitative estimate of drug-likeness (QED) is 0.144. The second kappa shape index (κ2) is 15.1. The van der Waals surface area contributed by atoms with E-state index in [9.17, 15) is 4.79 Å². The van der Waals surface area contributed by atoms with Gasteiger partial charge in [0.15, 0.2) is 0 Å². The van der Waals surface area contributed by atoms with Gasteiger partial charge in [-0.25, -0.2) is 0 Å². The molecule has 1 unspecified atom stereocenters. The summed E-state index contributed by atoms with van der Waals surface area (Å²) in [7, 11) is 1.68. The van der Waals surface area contributed by atoms with Crippen LogP contribution in [0, 0.1) is 0 Å². The van der Waals surface area contributed by atoms with Crippen LogP contribution in [0.1, 0.15) is 59.2 Å². The van der Waals surface area contributed by atoms with Crippen LogP contribution in [-0.2, 0) is 32.8 Å². The summed E-state index contributed by atoms with van der Waals surface area (Å²) in [6.45, 7) is 3.73. The summed E-state index contributed by atoms with van der Waals surface area (Å²) in [6, 6.07) is 41.6. The fourth-order valence-electron chi connectivity index (χ4n) is 6.75. The van der Waals surface area contributed by atoms with Crippen molar-refractivity contribution in [1.82, 2.24) is 0 Å². The Labute approximate surface area is 282 Å². The molecule has 5 aromatic carbocycles. The van der Waals surface area contributed by atoms with Gasteiger partial charge >= 0.3 is 0 Å². The zero-order valence-electron chi connectivity index (χ0n) is 27.5. The van der Waals surface area contributed by atoms with Gasteiger partial charge in [-0.05, 0) is 59.7 Å². The molecule has 0 saturated carbocycles. The number of amides is 1. The van der Waals surface area contributed by atoms with Gasteiger partial charge in [-0.15, -0.1) is 0 Å². The third-order valence-electron chi connectivity index (χ3n) is 9.08. The molecule has 244 valence electrons. The van der Waals surface area contributed by atoms with Gasteiger partial charge in [0.05, 0.1) is 12.6 Å². The van der Waals surface area contributed by atoms with E-state index in [-0.39, 0.29) is 12.3 Å². The Morgan fingerprint density at radius 1 is 0.833 bits per heavy atom. The van der Waals surface area contributed by atoms with Gasteiger partial charge in [0, 0.05) is 37.5 Å². The van der Waals surface area contributed by atoms with Crippen molar-refractivity contribution >= 4 is 17.9 Å². The summed E-state index contributed by atoms with van der Waals surface area (Å²) in [5.41, 5.74) is 5.02. The number of nitrogens with zero attached hydrogens (tertiary/aromatic N) is 1. The van der Waals surface area contributed by atoms with Gasteiger partial charge in [0.25, 0.3) is 0 Å². The monoisotopic (exact) mass is 639 g/mol. The van der Waals surface area contributed by atoms with E-state index in [1.165, 1.54) is 0 Å². The summed E-state index contributed by atoms with van der Waals surface area (Å²) in [5, 5.41) is 0. The molecule has 0 radical (unpaired) electrons. The number of aryl methyl sites for hydroxylation is 1. The van der Waals surface area contributed by atoms with E-state index in [2.05, 4.69) is 35.1 Å². The van der Waals surface area contributed by atoms with Crippen LogP contribution in [0.3, 0.4) is 0 Å². The van der Waals surface area contributed by atoms with Crippen molar-refractivity contribution < 1.29 is 23.8 Å². The lowest BCUT2D eigenvalue weighted by Crippen LogP contribution is -2.44. The minimum absolute atomic E-state index is 0.0169. The number of ether oxygens (including phenoxy) is 3. The number of para-hydroxylation sites is 1. The second-order valence-corrected chi connectivity index (χ2v) is 12.0. The van der Waals surface area contributed by atoms with Crippen LogP contribution in [0.5, 0.6) is 11.5 Å². The molecule has 2 heterocycles. The maximum absolute atomic E-state index is 15.3. The van der Waals surface area contributed by atoms with E-state index in [1.807, 2.05) is 109 Å². The summed E-state index contributed by atoms with van der Waals surface area (Å²) in [6.07, 6.45) is 2.57. The van der Waals surface area contributed by atoms with E-state index in [0.717, 1.165) is 65.0 Å². The predicted octanol–water partition coefficient (Wildman–Crippen LogP) is 8.25. The van der Waals surface area contributed by atoms with Crippen molar-refractivity contribution in [2.24, 2.45) is 0 Å². The van der Waals surface area contributed by atoms with Gasteiger partial charge in [-0.3, -0.25) is 9.69 Å². The Morgan fingerprint density at radius 2 is 1.44 bits per heavy atom. The lowest BCUT2D eigenvalue weighted by Gasteiger charge is -2.34. The number of hydrogen-bond acceptors (Lipinski definition) is 5. The van der Waals surface area contributed by atoms with Crippen LogP contribution in [0.25, 0.3) is 0 Å². The van der Waals surface area contributed by atoms with Crippen molar-refractivity contribution in [3.8, 4) is 11.5 Å². The van der Waals surface area contributed by atoms with E-state index in [0.29, 0.717) is 24.5 Å². The average Bonchev–Trinajstić information content (AvgIpc) is 3.39. The average molecular weight is 640 g/mol. The first-order valence-corrected chi connectivity index (χ1v) is 16.5. The molecule has 0 bridgehead atoms. The Balaban J connectivity index is 0.000000952. The summed E-state index contributed by atoms with van der Waals surface area (Å²) < 4.78 is 17.1. The molecule has 0 saturated heterocycles. The largest absolute Gasteiger partial charge is 0.493 e. The molecule has 6 nitrogen and oxygen atoms in total. The standard InChI is InChI=1S/C39H33NO4.C3H8O/c41-23-22-39(33-25-31-19-12-24-43-35(31)26-36(33)44-27-28-13-4-1-5-14-28)32-20-10-11-21-34(32)40(38(39)42)37(29-15-6-2-7-16-29)30-17-8-3-9-18-30;1-3-4-2/h1-11,13-18,20-21,23,25-26,37H,12,19,22,24,27H2;3H2,1-2H3. The zero-order valence-corrected chi connectivity index (χ0v) is 27.5. The summed E-state index contributed by atoms with van der Waals surface area (Å²) in [5.74, 6) is 1.17. The van der Waals surface area contributed by atoms with Crippen LogP contribution in [0.4, 0.5) is 5.69 Å². The predicted molar refractivity (Wildman–Crippen MR) is 189 cm³/mol. The van der Waals surface area contributed by atoms with E-state index < -0.39 is 11.5 Å². The van der Waals surface area contributed by atoms with Crippen LogP contribution >= 0.6 is 0 Å². The molecular weight excluding hydrogens is 598 g/mol. The lowest BCUT2D eigenvalue weighted by molar-refractivity contribution is -0.124. The van der Waals surface area contributed by atoms with Crippen molar-refractivity contribution in [1.29, 1.82) is 0 Å². The second-order valence-electron chi connectivity index (χ2n) is 12.0. The lowest BCUT2D eigenvalue weighted by atomic mass is 9.72. The number of fused-ring (bicyclic) bond motifs is 2. The number of hydrogen-bond donors (Lipinski definition) is 0. The minimum Gasteiger partial charge on any atom is -0.493 e. The Hall–Kier alpha value is -5.20. The number of anilines is 1. The fourth-order valence-corrected chi connectivity index (χ4v) is 6.75. The van der Waals surface area contributed by atoms with E-state index >= 15 is 4.79 Å². The van der Waals surface area contributed by atoms with Gasteiger partial charge in [0.2, 0.25) is 5.91 Å². The van der Waals surface area contributed by atoms with Crippen molar-refractivity contribution in [2.75, 3.05) is 25.2 Å². The van der Waals surface area contributed by atoms with Crippen LogP contribution in [-0.4, -0.2) is 32.5 Å². The van der Waals surface area contributed by atoms with Crippen molar-refractivity contribution in [2.45, 2.75) is 44.2 Å². The molecule has 2 aliphatic heterocycles. The van der Waals surface area contributed by atoms with Gasteiger partial charge in [0.1, 0.15) is 29.8 Å². The zero-order chi connectivity index (χ0) is 33.3. The third-order valence-corrected chi connectivity index (χ3v) is 9.08. The molecule has 0 spiro atoms. The maximum atomic E-state index is 15.3. The summed E-state index contributed by atoms with van der Waals surface area (Å²) >= 11 is 0. The highest BCUT2D eigenvalue weighted by Crippen LogP contribution is 2.54. The van der Waals surface area contributed by atoms with Crippen molar-refractivity contribution in [3.63, 3.8) is 0 Å². The molecule has 2 aliphatic rings. The normalized spacial score (nSPS) is 16.3. The fraction of sp³-hybridized carbons (Fsp3) is 0.238. The van der Waals surface area contributed by atoms with Crippen molar-refractivity contribution in [3.05, 3.63) is 161 Å². The molecule has 48 heavy (non-hydrogen) atoms. The third kappa shape index (κ3) is 6.36. The number of carbonyl (C=O) groups is 2. The van der Waals surface area contributed by atoms with Gasteiger partial charge < -0.3 is 19.0 Å². The highest BCUT2D eigenvalue weighted by molar-refractivity contribution is 6.12. The molecule has 6 heteroatoms. The molecule has 0 aromatic heterocycles. The highest BCUT2D eigenvalue weighted by atomic mass is 16.5. The van der Waals surface area contributed by atoms with Crippen LogP contribution in [0.2, 0.25) is 0 Å². The van der Waals surface area contributed by atoms with Crippen LogP contribution in [0.15, 0.2) is 127 Å². The van der Waals surface area contributed by atoms with E-state index in [1.54, 1.807) is 7.11 Å². The Morgan fingerprint density at radius 3 is 2.06 bits per heavy atom. The van der Waals surface area contributed by atoms with Crippen LogP contribution < -0.4 is 14.4 Å². The minimum atomic E-state index is -1.28. The molecule has 1 amide bonds. The highest BCUT2D eigenvalue weighted by Gasteiger charge is 2.55. The summed E-state index contributed by atoms with van der Waals surface area (Å²) in [4.78, 5) is 29.9. The van der Waals surface area contributed by atoms with Gasteiger partial charge in [-0.1, -0.05) is 109 Å². The SMILES string of the molecule is CCOC.O=CCC1(c2cc3c(cc2OCc2ccccc2)OCCC3)C(=O)N(C(c2ccccc2)c2ccccc2)c2ccccc21. The smallest absolute Gasteiger partial charge is 0.243 e. The number of benzene rings is 5. The number of carbonyl (C=O) groups excluding carboxylic acids is 2. The molecular formula is C42H41NO5. The molecule has 0 aliphatic carbocycles. The molecule has 7 rings (SSSR count). The Kier molecular flexibility index (Phi) is 10.3.